The number of nitriles is 1. The van der Waals surface area contributed by atoms with E-state index in [4.69, 9.17) is 6.42 Å². The third-order valence-electron chi connectivity index (χ3n) is 3.75. The smallest absolute Gasteiger partial charge is 0.268 e. The molecular weight excluding hydrogens is 374 g/mol. The summed E-state index contributed by atoms with van der Waals surface area (Å²) >= 11 is 1.23. The van der Waals surface area contributed by atoms with E-state index in [0.717, 1.165) is 11.1 Å². The lowest BCUT2D eigenvalue weighted by Gasteiger charge is -2.02. The van der Waals surface area contributed by atoms with E-state index in [1.54, 1.807) is 17.5 Å². The first-order chi connectivity index (χ1) is 13.5. The van der Waals surface area contributed by atoms with Crippen LogP contribution in [0.2, 0.25) is 0 Å². The molecular formula is C21H13N3O3S. The van der Waals surface area contributed by atoms with Crippen molar-refractivity contribution in [3.05, 3.63) is 64.5 Å². The van der Waals surface area contributed by atoms with Crippen LogP contribution in [0.1, 0.15) is 11.1 Å². The van der Waals surface area contributed by atoms with Crippen LogP contribution >= 0.6 is 11.3 Å². The molecule has 0 unspecified atom stereocenters. The fraction of sp³-hybridized carbons (Fsp3) is 0. The third-order valence-corrected chi connectivity index (χ3v) is 4.51. The number of aromatic nitrogens is 1. The summed E-state index contributed by atoms with van der Waals surface area (Å²) < 4.78 is 0. The zero-order chi connectivity index (χ0) is 20.1. The van der Waals surface area contributed by atoms with Crippen LogP contribution in [0.5, 0.6) is 11.5 Å². The van der Waals surface area contributed by atoms with Gasteiger partial charge in [-0.3, -0.25) is 10.1 Å². The van der Waals surface area contributed by atoms with Crippen molar-refractivity contribution in [3.8, 4) is 41.2 Å². The van der Waals surface area contributed by atoms with Gasteiger partial charge in [-0.2, -0.15) is 5.26 Å². The standard InChI is InChI=1S/C21H13N3O3S/c1-2-13-3-6-15(7-4-13)17-12-28-21(23-17)24-20(27)16(11-22)9-14-5-8-18(25)19(26)10-14/h1,3-10,12,25-26H,(H,23,24,27)/b16-9+. The van der Waals surface area contributed by atoms with Crippen LogP contribution < -0.4 is 5.32 Å². The Morgan fingerprint density at radius 1 is 1.18 bits per heavy atom. The number of phenols is 2. The highest BCUT2D eigenvalue weighted by Gasteiger charge is 2.13. The van der Waals surface area contributed by atoms with Crippen molar-refractivity contribution in [2.75, 3.05) is 5.32 Å². The largest absolute Gasteiger partial charge is 0.504 e. The predicted molar refractivity (Wildman–Crippen MR) is 107 cm³/mol. The summed E-state index contributed by atoms with van der Waals surface area (Å²) in [5.41, 5.74) is 2.52. The highest BCUT2D eigenvalue weighted by Crippen LogP contribution is 2.27. The van der Waals surface area contributed by atoms with Gasteiger partial charge in [-0.15, -0.1) is 17.8 Å². The van der Waals surface area contributed by atoms with Crippen LogP contribution in [0.3, 0.4) is 0 Å². The van der Waals surface area contributed by atoms with Crippen molar-refractivity contribution in [3.63, 3.8) is 0 Å². The number of amides is 1. The molecule has 0 aliphatic heterocycles. The van der Waals surface area contributed by atoms with Gasteiger partial charge in [0, 0.05) is 16.5 Å². The lowest BCUT2D eigenvalue weighted by molar-refractivity contribution is -0.112. The topological polar surface area (TPSA) is 106 Å². The van der Waals surface area contributed by atoms with E-state index >= 15 is 0 Å². The molecule has 0 spiro atoms. The molecule has 3 rings (SSSR count). The first kappa shape index (κ1) is 18.7. The maximum absolute atomic E-state index is 12.4. The van der Waals surface area contributed by atoms with Gasteiger partial charge in [-0.1, -0.05) is 24.1 Å². The number of aromatic hydroxyl groups is 2. The van der Waals surface area contributed by atoms with Crippen molar-refractivity contribution >= 4 is 28.5 Å². The molecule has 1 aromatic heterocycles. The van der Waals surface area contributed by atoms with E-state index in [1.165, 1.54) is 35.6 Å². The Bertz CT molecular complexity index is 1150. The monoisotopic (exact) mass is 387 g/mol. The summed E-state index contributed by atoms with van der Waals surface area (Å²) in [6.45, 7) is 0. The Kier molecular flexibility index (Phi) is 5.40. The van der Waals surface area contributed by atoms with Gasteiger partial charge in [0.25, 0.3) is 5.91 Å². The van der Waals surface area contributed by atoms with Gasteiger partial charge in [0.15, 0.2) is 16.6 Å². The summed E-state index contributed by atoms with van der Waals surface area (Å²) in [5, 5.41) is 32.8. The second-order valence-electron chi connectivity index (χ2n) is 5.63. The Hall–Kier alpha value is -4.07. The van der Waals surface area contributed by atoms with Gasteiger partial charge in [-0.25, -0.2) is 4.98 Å². The van der Waals surface area contributed by atoms with Crippen molar-refractivity contribution in [1.82, 2.24) is 4.98 Å². The van der Waals surface area contributed by atoms with Gasteiger partial charge in [0.05, 0.1) is 5.69 Å². The van der Waals surface area contributed by atoms with Gasteiger partial charge in [-0.05, 0) is 35.9 Å². The number of carbonyl (C=O) groups is 1. The number of nitrogens with zero attached hydrogens (tertiary/aromatic N) is 2. The molecule has 3 aromatic rings. The van der Waals surface area contributed by atoms with Crippen LogP contribution in [0, 0.1) is 23.7 Å². The maximum atomic E-state index is 12.4. The molecule has 28 heavy (non-hydrogen) atoms. The number of phenolic OH excluding ortho intramolecular Hbond substituents is 2. The summed E-state index contributed by atoms with van der Waals surface area (Å²) in [6.07, 6.45) is 6.65. The quantitative estimate of drug-likeness (QED) is 0.274. The molecule has 0 saturated heterocycles. The van der Waals surface area contributed by atoms with Crippen molar-refractivity contribution < 1.29 is 15.0 Å². The second-order valence-corrected chi connectivity index (χ2v) is 6.49. The number of anilines is 1. The predicted octanol–water partition coefficient (Wildman–Crippen LogP) is 3.75. The molecule has 0 fully saturated rings. The van der Waals surface area contributed by atoms with Crippen molar-refractivity contribution in [2.24, 2.45) is 0 Å². The van der Waals surface area contributed by atoms with Gasteiger partial charge in [0.2, 0.25) is 0 Å². The Morgan fingerprint density at radius 2 is 1.93 bits per heavy atom. The van der Waals surface area contributed by atoms with Gasteiger partial charge in [0.1, 0.15) is 11.6 Å². The SMILES string of the molecule is C#Cc1ccc(-c2csc(NC(=O)/C(C#N)=C/c3ccc(O)c(O)c3)n2)cc1. The normalized spacial score (nSPS) is 10.7. The van der Waals surface area contributed by atoms with E-state index in [9.17, 15) is 20.3 Å². The van der Waals surface area contributed by atoms with Crippen LogP contribution in [-0.4, -0.2) is 21.1 Å². The Labute approximate surface area is 165 Å². The first-order valence-electron chi connectivity index (χ1n) is 7.98. The van der Waals surface area contributed by atoms with Crippen LogP contribution in [0.4, 0.5) is 5.13 Å². The van der Waals surface area contributed by atoms with Gasteiger partial charge < -0.3 is 10.2 Å². The van der Waals surface area contributed by atoms with E-state index in [0.29, 0.717) is 16.4 Å². The van der Waals surface area contributed by atoms with Crippen LogP contribution in [0.15, 0.2) is 53.4 Å². The van der Waals surface area contributed by atoms with E-state index in [2.05, 4.69) is 16.2 Å². The van der Waals surface area contributed by atoms with E-state index in [1.807, 2.05) is 18.2 Å². The number of thiazole rings is 1. The maximum Gasteiger partial charge on any atom is 0.268 e. The van der Waals surface area contributed by atoms with Crippen molar-refractivity contribution in [2.45, 2.75) is 0 Å². The molecule has 0 radical (unpaired) electrons. The summed E-state index contributed by atoms with van der Waals surface area (Å²) in [6, 6.07) is 13.1. The number of hydrogen-bond donors (Lipinski definition) is 3. The number of carbonyl (C=O) groups excluding carboxylic acids is 1. The van der Waals surface area contributed by atoms with Gasteiger partial charge >= 0.3 is 0 Å². The van der Waals surface area contributed by atoms with Crippen LogP contribution in [0.25, 0.3) is 17.3 Å². The average Bonchev–Trinajstić information content (AvgIpc) is 3.17. The number of rotatable bonds is 4. The number of hydrogen-bond acceptors (Lipinski definition) is 6. The molecule has 1 amide bonds. The van der Waals surface area contributed by atoms with Crippen LogP contribution in [-0.2, 0) is 4.79 Å². The fourth-order valence-corrected chi connectivity index (χ4v) is 3.03. The minimum Gasteiger partial charge on any atom is -0.504 e. The third kappa shape index (κ3) is 4.18. The fourth-order valence-electron chi connectivity index (χ4n) is 2.31. The molecule has 0 bridgehead atoms. The number of benzene rings is 2. The minimum absolute atomic E-state index is 0.166. The lowest BCUT2D eigenvalue weighted by atomic mass is 10.1. The number of terminal acetylenes is 1. The highest BCUT2D eigenvalue weighted by atomic mass is 32.1. The minimum atomic E-state index is -0.626. The summed E-state index contributed by atoms with van der Waals surface area (Å²) in [5.74, 6) is 1.29. The Balaban J connectivity index is 1.77. The van der Waals surface area contributed by atoms with E-state index in [-0.39, 0.29) is 17.1 Å². The summed E-state index contributed by atoms with van der Waals surface area (Å²) in [7, 11) is 0. The first-order valence-corrected chi connectivity index (χ1v) is 8.86. The zero-order valence-electron chi connectivity index (χ0n) is 14.4. The molecule has 0 atom stereocenters. The molecule has 0 aliphatic carbocycles. The average molecular weight is 387 g/mol. The lowest BCUT2D eigenvalue weighted by Crippen LogP contribution is -2.13. The molecule has 2 aromatic carbocycles. The molecule has 0 saturated carbocycles. The molecule has 6 nitrogen and oxygen atoms in total. The molecule has 3 N–H and O–H groups in total. The summed E-state index contributed by atoms with van der Waals surface area (Å²) in [4.78, 5) is 16.7. The zero-order valence-corrected chi connectivity index (χ0v) is 15.2. The molecule has 1 heterocycles. The molecule has 136 valence electrons. The Morgan fingerprint density at radius 3 is 2.57 bits per heavy atom. The highest BCUT2D eigenvalue weighted by molar-refractivity contribution is 7.14. The van der Waals surface area contributed by atoms with E-state index < -0.39 is 5.91 Å². The van der Waals surface area contributed by atoms with Crippen molar-refractivity contribution in [1.29, 1.82) is 5.26 Å². The second kappa shape index (κ2) is 8.09. The molecule has 7 heteroatoms. The number of nitrogens with one attached hydrogen (secondary N) is 1. The molecule has 0 aliphatic rings.